The summed E-state index contributed by atoms with van der Waals surface area (Å²) in [5.74, 6) is 0. The molecule has 1 heterocycles. The van der Waals surface area contributed by atoms with Crippen molar-refractivity contribution < 1.29 is 0 Å². The largest absolute Gasteiger partial charge is 0.372 e. The summed E-state index contributed by atoms with van der Waals surface area (Å²) in [5.41, 5.74) is 5.39. The molecule has 0 bridgehead atoms. The molecule has 2 nitrogen and oxygen atoms in total. The minimum atomic E-state index is 0.718. The molecule has 2 N–H and O–H groups in total. The van der Waals surface area contributed by atoms with E-state index in [4.69, 9.17) is 5.73 Å². The maximum Gasteiger partial charge on any atom is 0.0368 e. The van der Waals surface area contributed by atoms with E-state index in [1.807, 2.05) is 6.08 Å². The van der Waals surface area contributed by atoms with Crippen LogP contribution in [-0.2, 0) is 0 Å². The second-order valence-electron chi connectivity index (χ2n) is 2.19. The van der Waals surface area contributed by atoms with Crippen molar-refractivity contribution in [1.29, 1.82) is 0 Å². The molecule has 0 aliphatic carbocycles. The summed E-state index contributed by atoms with van der Waals surface area (Å²) in [7, 11) is 0. The molecule has 10 heavy (non-hydrogen) atoms. The Labute approximate surface area is 69.5 Å². The Hall–Kier alpha value is -0.280. The summed E-state index contributed by atoms with van der Waals surface area (Å²) in [6, 6.07) is 0. The van der Waals surface area contributed by atoms with Crippen LogP contribution in [0.5, 0.6) is 0 Å². The van der Waals surface area contributed by atoms with Crippen molar-refractivity contribution in [1.82, 2.24) is 4.90 Å². The fraction of sp³-hybridized carbons (Fsp3) is 0.429. The van der Waals surface area contributed by atoms with E-state index in [9.17, 15) is 0 Å². The number of nitrogens with zero attached hydrogens (tertiary/aromatic N) is 1. The smallest absolute Gasteiger partial charge is 0.0368 e. The predicted octanol–water partition coefficient (Wildman–Crippen LogP) is 1.05. The van der Waals surface area contributed by atoms with E-state index in [0.717, 1.165) is 24.1 Å². The second kappa shape index (κ2) is 3.78. The second-order valence-corrected chi connectivity index (χ2v) is 3.10. The summed E-state index contributed by atoms with van der Waals surface area (Å²) < 4.78 is 1.15. The van der Waals surface area contributed by atoms with Crippen molar-refractivity contribution in [3.05, 3.63) is 22.8 Å². The molecule has 0 amide bonds. The number of hydrogen-bond donors (Lipinski definition) is 1. The molecule has 1 rings (SSSR count). The Balaban J connectivity index is 2.37. The van der Waals surface area contributed by atoms with Crippen molar-refractivity contribution in [2.24, 2.45) is 5.73 Å². The molecule has 56 valence electrons. The Morgan fingerprint density at radius 3 is 3.00 bits per heavy atom. The molecular weight excluding hydrogens is 192 g/mol. The Kier molecular flexibility index (Phi) is 2.96. The van der Waals surface area contributed by atoms with Crippen LogP contribution in [0.4, 0.5) is 0 Å². The van der Waals surface area contributed by atoms with E-state index in [0.29, 0.717) is 0 Å². The van der Waals surface area contributed by atoms with Gasteiger partial charge >= 0.3 is 0 Å². The van der Waals surface area contributed by atoms with Crippen molar-refractivity contribution in [3.8, 4) is 0 Å². The van der Waals surface area contributed by atoms with Gasteiger partial charge in [-0.05, 0) is 6.08 Å². The van der Waals surface area contributed by atoms with E-state index in [1.54, 1.807) is 0 Å². The molecule has 0 aromatic carbocycles. The van der Waals surface area contributed by atoms with E-state index in [-0.39, 0.29) is 0 Å². The van der Waals surface area contributed by atoms with E-state index in [1.165, 1.54) is 0 Å². The summed E-state index contributed by atoms with van der Waals surface area (Å²) in [5, 5.41) is 0. The summed E-state index contributed by atoms with van der Waals surface area (Å²) in [4.78, 5) is 2.17. The molecule has 0 saturated carbocycles. The Morgan fingerprint density at radius 2 is 2.50 bits per heavy atom. The van der Waals surface area contributed by atoms with Gasteiger partial charge in [-0.1, -0.05) is 22.0 Å². The molecule has 0 aromatic heterocycles. The van der Waals surface area contributed by atoms with Gasteiger partial charge in [-0.15, -0.1) is 0 Å². The zero-order valence-corrected chi connectivity index (χ0v) is 7.34. The zero-order chi connectivity index (χ0) is 7.40. The first-order valence-electron chi connectivity index (χ1n) is 3.31. The van der Waals surface area contributed by atoms with Crippen LogP contribution in [0.15, 0.2) is 22.8 Å². The third-order valence-electron chi connectivity index (χ3n) is 1.38. The average molecular weight is 203 g/mol. The highest BCUT2D eigenvalue weighted by Crippen LogP contribution is 2.11. The molecule has 3 heteroatoms. The fourth-order valence-corrected chi connectivity index (χ4v) is 1.10. The number of halogens is 1. The zero-order valence-electron chi connectivity index (χ0n) is 5.76. The molecule has 0 unspecified atom stereocenters. The van der Waals surface area contributed by atoms with E-state index < -0.39 is 0 Å². The first kappa shape index (κ1) is 7.82. The minimum Gasteiger partial charge on any atom is -0.372 e. The van der Waals surface area contributed by atoms with Crippen LogP contribution in [-0.4, -0.2) is 24.5 Å². The monoisotopic (exact) mass is 202 g/mol. The first-order chi connectivity index (χ1) is 4.83. The highest BCUT2D eigenvalue weighted by atomic mass is 79.9. The van der Waals surface area contributed by atoms with Gasteiger partial charge in [-0.3, -0.25) is 0 Å². The van der Waals surface area contributed by atoms with E-state index >= 15 is 0 Å². The Morgan fingerprint density at radius 1 is 1.70 bits per heavy atom. The molecule has 0 atom stereocenters. The molecule has 1 aliphatic rings. The number of rotatable bonds is 2. The van der Waals surface area contributed by atoms with Gasteiger partial charge in [-0.25, -0.2) is 0 Å². The predicted molar refractivity (Wildman–Crippen MR) is 46.8 cm³/mol. The first-order valence-corrected chi connectivity index (χ1v) is 4.10. The number of hydrogen-bond acceptors (Lipinski definition) is 2. The third-order valence-corrected chi connectivity index (χ3v) is 1.97. The van der Waals surface area contributed by atoms with Crippen LogP contribution in [0.3, 0.4) is 0 Å². The molecule has 0 saturated heterocycles. The Bertz CT molecular complexity index is 163. The topological polar surface area (TPSA) is 29.3 Å². The molecule has 0 spiro atoms. The highest BCUT2D eigenvalue weighted by molar-refractivity contribution is 9.11. The van der Waals surface area contributed by atoms with Crippen LogP contribution in [0.25, 0.3) is 0 Å². The maximum absolute atomic E-state index is 5.39. The molecule has 0 fully saturated rings. The van der Waals surface area contributed by atoms with Gasteiger partial charge in [0.2, 0.25) is 0 Å². The van der Waals surface area contributed by atoms with Crippen LogP contribution in [0.2, 0.25) is 0 Å². The lowest BCUT2D eigenvalue weighted by molar-refractivity contribution is 0.422. The highest BCUT2D eigenvalue weighted by Gasteiger charge is 1.99. The lowest BCUT2D eigenvalue weighted by Crippen LogP contribution is -2.25. The van der Waals surface area contributed by atoms with Crippen LogP contribution in [0.1, 0.15) is 0 Å². The number of nitrogens with two attached hydrogens (primary N) is 1. The van der Waals surface area contributed by atoms with Crippen molar-refractivity contribution in [2.45, 2.75) is 0 Å². The molecular formula is C7H11BrN2. The van der Waals surface area contributed by atoms with Crippen molar-refractivity contribution in [2.75, 3.05) is 19.6 Å². The van der Waals surface area contributed by atoms with Gasteiger partial charge in [0, 0.05) is 30.3 Å². The fourth-order valence-electron chi connectivity index (χ4n) is 0.842. The normalized spacial score (nSPS) is 17.4. The summed E-state index contributed by atoms with van der Waals surface area (Å²) in [6.45, 7) is 2.62. The molecule has 1 aliphatic heterocycles. The van der Waals surface area contributed by atoms with Crippen molar-refractivity contribution in [3.63, 3.8) is 0 Å². The van der Waals surface area contributed by atoms with Gasteiger partial charge in [0.05, 0.1) is 0 Å². The van der Waals surface area contributed by atoms with Crippen LogP contribution >= 0.6 is 15.9 Å². The summed E-state index contributed by atoms with van der Waals surface area (Å²) in [6.07, 6.45) is 6.20. The minimum absolute atomic E-state index is 0.718. The van der Waals surface area contributed by atoms with Crippen LogP contribution < -0.4 is 5.73 Å². The van der Waals surface area contributed by atoms with Gasteiger partial charge in [0.1, 0.15) is 0 Å². The lowest BCUT2D eigenvalue weighted by Gasteiger charge is -2.19. The van der Waals surface area contributed by atoms with Gasteiger partial charge in [0.15, 0.2) is 0 Å². The summed E-state index contributed by atoms with van der Waals surface area (Å²) >= 11 is 3.38. The SMILES string of the molecule is NCCN1C=CC(Br)=CC1. The van der Waals surface area contributed by atoms with Gasteiger partial charge in [0.25, 0.3) is 0 Å². The quantitative estimate of drug-likeness (QED) is 0.726. The van der Waals surface area contributed by atoms with E-state index in [2.05, 4.69) is 33.1 Å². The van der Waals surface area contributed by atoms with Crippen molar-refractivity contribution >= 4 is 15.9 Å². The van der Waals surface area contributed by atoms with Gasteiger partial charge < -0.3 is 10.6 Å². The third kappa shape index (κ3) is 2.15. The average Bonchev–Trinajstić information content (AvgIpc) is 1.95. The number of allylic oxidation sites excluding steroid dienone is 2. The standard InChI is InChI=1S/C7H11BrN2/c8-7-1-4-10(5-2-7)6-3-9/h1-2,4H,3,5-6,9H2. The molecule has 0 aromatic rings. The van der Waals surface area contributed by atoms with Gasteiger partial charge in [-0.2, -0.15) is 0 Å². The lowest BCUT2D eigenvalue weighted by atomic mass is 10.3. The maximum atomic E-state index is 5.39. The molecule has 0 radical (unpaired) electrons. The van der Waals surface area contributed by atoms with Crippen LogP contribution in [0, 0.1) is 0 Å².